The van der Waals surface area contributed by atoms with Crippen molar-refractivity contribution in [2.24, 2.45) is 22.9 Å². The van der Waals surface area contributed by atoms with Gasteiger partial charge in [0, 0.05) is 40.5 Å². The number of amides is 8. The normalized spacial score (nSPS) is 33.1. The molecule has 0 aromatic heterocycles. The van der Waals surface area contributed by atoms with Crippen LogP contribution in [0.25, 0.3) is 0 Å². The molecule has 4 aliphatic rings. The molecule has 0 spiro atoms. The highest BCUT2D eigenvalue weighted by Gasteiger charge is 2.58. The fourth-order valence-electron chi connectivity index (χ4n) is 10.5. The molecule has 93 heavy (non-hydrogen) atoms. The second-order valence-corrected chi connectivity index (χ2v) is 22.7. The van der Waals surface area contributed by atoms with Crippen LogP contribution in [0.15, 0.2) is 0 Å². The number of hydrogen-bond acceptors (Lipinski definition) is 31. The van der Waals surface area contributed by atoms with E-state index in [0.29, 0.717) is 0 Å². The molecule has 528 valence electrons. The van der Waals surface area contributed by atoms with Gasteiger partial charge in [-0.15, -0.1) is 0 Å². The van der Waals surface area contributed by atoms with E-state index in [9.17, 15) is 98.4 Å². The Kier molecular flexibility index (Phi) is 30.6. The van der Waals surface area contributed by atoms with Gasteiger partial charge in [-0.2, -0.15) is 0 Å². The molecule has 4 saturated heterocycles. The van der Waals surface area contributed by atoms with Gasteiger partial charge in [-0.25, -0.2) is 0 Å². The van der Waals surface area contributed by atoms with Gasteiger partial charge >= 0.3 is 0 Å². The molecule has 0 bridgehead atoms. The van der Waals surface area contributed by atoms with Crippen LogP contribution in [-0.2, 0) is 100 Å². The molecule has 0 aliphatic carbocycles. The van der Waals surface area contributed by atoms with Gasteiger partial charge in [-0.05, 0) is 40.5 Å². The number of ether oxygens (including phenoxy) is 9. The Labute approximate surface area is 531 Å². The van der Waals surface area contributed by atoms with E-state index >= 15 is 0 Å². The molecule has 4 aliphatic heterocycles. The first-order valence-corrected chi connectivity index (χ1v) is 29.5. The third-order valence-electron chi connectivity index (χ3n) is 15.2. The Morgan fingerprint density at radius 3 is 1.13 bits per heavy atom. The van der Waals surface area contributed by atoms with Crippen molar-refractivity contribution < 1.29 is 141 Å². The van der Waals surface area contributed by atoms with Crippen LogP contribution in [-0.4, -0.2) is 297 Å². The molecule has 0 aromatic carbocycles. The summed E-state index contributed by atoms with van der Waals surface area (Å²) in [7, 11) is 0. The molecule has 0 radical (unpaired) electrons. The standard InChI is InChI=1S/C54H88N10O29/c1-17(55)49(82)63-25(47(57)80)9-11-27(73)37(75)19(3)85-45-35(61-23(7)71)51(84)87-31(15-67)43(45)92-53-34(60-22(6)70)41(79)42(30(14-66)89-53)91-54-36(62-24(8)72)46(86-20(4)38(76)28(74)12-10-26(48(58)81)64-50(83)18(2)56)44(32(16-68)90-54)93-52-33(59-21(5)69)40(78)39(77)29(13-65)88-52/h17-20,25-26,29-36,39-46,51-54,65-68,77-79,84H,9-16,55-56H2,1-8H3,(H2,57,80)(H2,58,81)(H,59,69)(H,60,70)(H,61,71)(H,62,72)(H,63,82)(H,64,83)/t17-,18-,19?,20?,25+,26+,29+,30+,31+,32+,33+,34+,35+,36+,39+,40+,41+,42+,43+,44+,45+,46+,51?,52-,53-,54-/m0/s1. The van der Waals surface area contributed by atoms with Crippen molar-refractivity contribution in [2.75, 3.05) is 26.4 Å². The van der Waals surface area contributed by atoms with Gasteiger partial charge < -0.3 is 138 Å². The van der Waals surface area contributed by atoms with Crippen molar-refractivity contribution in [1.29, 1.82) is 0 Å². The fraction of sp³-hybridized carbons (Fsp3) is 0.778. The Hall–Kier alpha value is -6.32. The number of Topliss-reactive ketones (excluding diaryl/α,β-unsaturated/α-hetero) is 4. The fourth-order valence-corrected chi connectivity index (χ4v) is 10.5. The number of rotatable bonds is 34. The Morgan fingerprint density at radius 2 is 0.753 bits per heavy atom. The van der Waals surface area contributed by atoms with Crippen LogP contribution >= 0.6 is 0 Å². The molecule has 3 unspecified atom stereocenters. The molecule has 4 heterocycles. The summed E-state index contributed by atoms with van der Waals surface area (Å²) in [5.74, 6) is -12.3. The smallest absolute Gasteiger partial charge is 0.240 e. The molecular formula is C54H88N10O29. The van der Waals surface area contributed by atoms with Gasteiger partial charge in [0.05, 0.1) is 38.5 Å². The van der Waals surface area contributed by atoms with Gasteiger partial charge in [-0.3, -0.25) is 57.5 Å². The number of nitrogens with two attached hydrogens (primary N) is 4. The third-order valence-corrected chi connectivity index (χ3v) is 15.2. The highest BCUT2D eigenvalue weighted by atomic mass is 16.8. The van der Waals surface area contributed by atoms with E-state index in [1.54, 1.807) is 0 Å². The van der Waals surface area contributed by atoms with Crippen LogP contribution in [0.3, 0.4) is 0 Å². The van der Waals surface area contributed by atoms with Crippen LogP contribution in [0.2, 0.25) is 0 Å². The maximum atomic E-state index is 14.0. The van der Waals surface area contributed by atoms with Crippen LogP contribution < -0.4 is 54.8 Å². The summed E-state index contributed by atoms with van der Waals surface area (Å²) in [5.41, 5.74) is 22.0. The number of nitrogens with one attached hydrogen (secondary N) is 6. The van der Waals surface area contributed by atoms with Gasteiger partial charge in [0.25, 0.3) is 0 Å². The number of carbonyl (C=O) groups excluding carboxylic acids is 12. The summed E-state index contributed by atoms with van der Waals surface area (Å²) in [6.07, 6.45) is -37.1. The summed E-state index contributed by atoms with van der Waals surface area (Å²) >= 11 is 0. The van der Waals surface area contributed by atoms with Crippen molar-refractivity contribution in [3.63, 3.8) is 0 Å². The van der Waals surface area contributed by atoms with E-state index < -0.39 is 281 Å². The lowest BCUT2D eigenvalue weighted by molar-refractivity contribution is -0.365. The summed E-state index contributed by atoms with van der Waals surface area (Å²) in [5, 5.41) is 103. The first kappa shape index (κ1) is 79.1. The van der Waals surface area contributed by atoms with E-state index in [2.05, 4.69) is 31.9 Å². The van der Waals surface area contributed by atoms with Crippen molar-refractivity contribution in [3.05, 3.63) is 0 Å². The minimum Gasteiger partial charge on any atom is -0.394 e. The van der Waals surface area contributed by atoms with Gasteiger partial charge in [0.15, 0.2) is 25.2 Å². The zero-order valence-corrected chi connectivity index (χ0v) is 52.1. The van der Waals surface area contributed by atoms with Gasteiger partial charge in [0.2, 0.25) is 70.4 Å². The highest BCUT2D eigenvalue weighted by molar-refractivity contribution is 6.39. The molecule has 39 heteroatoms. The molecule has 4 fully saturated rings. The zero-order valence-electron chi connectivity index (χ0n) is 52.1. The molecule has 4 rings (SSSR count). The number of primary amides is 2. The van der Waals surface area contributed by atoms with Crippen LogP contribution in [0.1, 0.15) is 81.1 Å². The highest BCUT2D eigenvalue weighted by Crippen LogP contribution is 2.37. The number of aliphatic hydroxyl groups excluding tert-OH is 8. The molecular weight excluding hydrogens is 1250 g/mol. The van der Waals surface area contributed by atoms with E-state index in [1.165, 1.54) is 13.8 Å². The summed E-state index contributed by atoms with van der Waals surface area (Å²) in [6, 6.07) is -12.4. The average molecular weight is 1340 g/mol. The Balaban J connectivity index is 1.79. The third kappa shape index (κ3) is 21.3. The largest absolute Gasteiger partial charge is 0.394 e. The minimum absolute atomic E-state index is 0.476. The predicted octanol–water partition coefficient (Wildman–Crippen LogP) is -11.9. The summed E-state index contributed by atoms with van der Waals surface area (Å²) < 4.78 is 55.0. The molecule has 22 N–H and O–H groups in total. The minimum atomic E-state index is -2.20. The second-order valence-electron chi connectivity index (χ2n) is 22.7. The Morgan fingerprint density at radius 1 is 0.430 bits per heavy atom. The van der Waals surface area contributed by atoms with Crippen molar-refractivity contribution in [1.82, 2.24) is 31.9 Å². The van der Waals surface area contributed by atoms with E-state index in [1.807, 2.05) is 0 Å². The molecule has 8 amide bonds. The maximum absolute atomic E-state index is 14.0. The topological polar surface area (TPSA) is 626 Å². The molecule has 0 aromatic rings. The summed E-state index contributed by atoms with van der Waals surface area (Å²) in [4.78, 5) is 155. The lowest BCUT2D eigenvalue weighted by Crippen LogP contribution is -2.72. The van der Waals surface area contributed by atoms with Crippen molar-refractivity contribution in [3.8, 4) is 0 Å². The summed E-state index contributed by atoms with van der Waals surface area (Å²) in [6.45, 7) is 4.39. The molecule has 39 nitrogen and oxygen atoms in total. The number of ketones is 4. The number of carbonyl (C=O) groups is 12. The van der Waals surface area contributed by atoms with Crippen molar-refractivity contribution >= 4 is 70.4 Å². The average Bonchev–Trinajstić information content (AvgIpc) is 0.771. The molecule has 26 atom stereocenters. The lowest BCUT2D eigenvalue weighted by atomic mass is 9.92. The number of aliphatic hydroxyl groups is 8. The van der Waals surface area contributed by atoms with Crippen molar-refractivity contribution in [2.45, 2.75) is 240 Å². The Bertz CT molecular complexity index is 2640. The van der Waals surface area contributed by atoms with E-state index in [4.69, 9.17) is 65.6 Å². The quantitative estimate of drug-likeness (QED) is 0.0266. The van der Waals surface area contributed by atoms with Gasteiger partial charge in [0.1, 0.15) is 122 Å². The van der Waals surface area contributed by atoms with Crippen LogP contribution in [0.4, 0.5) is 0 Å². The molecule has 0 saturated carbocycles. The maximum Gasteiger partial charge on any atom is 0.240 e. The zero-order chi connectivity index (χ0) is 70.2. The van der Waals surface area contributed by atoms with Crippen LogP contribution in [0.5, 0.6) is 0 Å². The second kappa shape index (κ2) is 36.0. The lowest BCUT2D eigenvalue weighted by Gasteiger charge is -2.52. The van der Waals surface area contributed by atoms with E-state index in [-0.39, 0.29) is 0 Å². The predicted molar refractivity (Wildman–Crippen MR) is 305 cm³/mol. The van der Waals surface area contributed by atoms with Crippen LogP contribution in [0, 0.1) is 0 Å². The first-order valence-electron chi connectivity index (χ1n) is 29.5. The number of hydrogen-bond donors (Lipinski definition) is 18. The van der Waals surface area contributed by atoms with Gasteiger partial charge in [-0.1, -0.05) is 0 Å². The van der Waals surface area contributed by atoms with E-state index in [0.717, 1.165) is 41.5 Å². The SMILES string of the molecule is CC(=O)N[C@H]1[C@H](O[C@H]2[C@H](OC(C)C(=O)C(=O)CC[C@@H](NC(=O)[C@H](C)N)C(N)=O)[C@@H](NC(C)=O)C(O)O[C@@H]2CO)O[C@H](CO)[C@@H](O[C@@H]2O[C@H](CO)[C@@H](O[C@@H]3O[C@H](CO)[C@@H](O)[C@H](O)[C@H]3NC(C)=O)[C@H](OC(C)C(=O)C(=O)CC[C@@H](NC(=O)[C@H](C)N)C(N)=O)[C@H]2NC(C)=O)[C@@H]1O. The first-order chi connectivity index (χ1) is 43.5. The monoisotopic (exact) mass is 1340 g/mol.